The van der Waals surface area contributed by atoms with Gasteiger partial charge in [-0.15, -0.1) is 0 Å². The molecule has 0 radical (unpaired) electrons. The van der Waals surface area contributed by atoms with Gasteiger partial charge in [-0.2, -0.15) is 0 Å². The molecule has 17 heavy (non-hydrogen) atoms. The molecule has 0 amide bonds. The Hall–Kier alpha value is -0.210. The lowest BCUT2D eigenvalue weighted by Gasteiger charge is -2.39. The molecule has 0 N–H and O–H groups in total. The molecule has 2 rings (SSSR count). The first-order valence-electron chi connectivity index (χ1n) is 6.23. The summed E-state index contributed by atoms with van der Waals surface area (Å²) in [5.74, 6) is 0.841. The van der Waals surface area contributed by atoms with Crippen LogP contribution in [0.25, 0.3) is 0 Å². The van der Waals surface area contributed by atoms with E-state index in [1.807, 2.05) is 6.07 Å². The zero-order valence-corrected chi connectivity index (χ0v) is 12.8. The SMILES string of the molecule is CC1CCN(c2cccc(Cl)c2CBr)C(C)C1. The third-order valence-corrected chi connectivity index (χ3v) is 4.59. The van der Waals surface area contributed by atoms with Crippen molar-refractivity contribution in [3.63, 3.8) is 0 Å². The molecule has 94 valence electrons. The first-order chi connectivity index (χ1) is 8.13. The van der Waals surface area contributed by atoms with Crippen molar-refractivity contribution in [3.05, 3.63) is 28.8 Å². The van der Waals surface area contributed by atoms with Crippen LogP contribution in [0.1, 0.15) is 32.3 Å². The average Bonchev–Trinajstić information content (AvgIpc) is 2.29. The summed E-state index contributed by atoms with van der Waals surface area (Å²) < 4.78 is 0. The van der Waals surface area contributed by atoms with Crippen LogP contribution < -0.4 is 4.90 Å². The van der Waals surface area contributed by atoms with Gasteiger partial charge < -0.3 is 4.90 Å². The van der Waals surface area contributed by atoms with Crippen molar-refractivity contribution in [2.75, 3.05) is 11.4 Å². The van der Waals surface area contributed by atoms with E-state index in [2.05, 4.69) is 46.8 Å². The highest BCUT2D eigenvalue weighted by atomic mass is 79.9. The fourth-order valence-corrected chi connectivity index (χ4v) is 3.70. The van der Waals surface area contributed by atoms with Crippen molar-refractivity contribution < 1.29 is 0 Å². The topological polar surface area (TPSA) is 3.24 Å². The second-order valence-electron chi connectivity index (χ2n) is 5.04. The first kappa shape index (κ1) is 13.2. The molecule has 1 aromatic rings. The smallest absolute Gasteiger partial charge is 0.0467 e. The number of alkyl halides is 1. The van der Waals surface area contributed by atoms with Crippen LogP contribution in [0.4, 0.5) is 5.69 Å². The van der Waals surface area contributed by atoms with E-state index < -0.39 is 0 Å². The minimum absolute atomic E-state index is 0.606. The minimum atomic E-state index is 0.606. The Kier molecular flexibility index (Phi) is 4.37. The van der Waals surface area contributed by atoms with Crippen molar-refractivity contribution in [1.29, 1.82) is 0 Å². The molecular formula is C14H19BrClN. The monoisotopic (exact) mass is 315 g/mol. The van der Waals surface area contributed by atoms with Crippen LogP contribution in [0.5, 0.6) is 0 Å². The summed E-state index contributed by atoms with van der Waals surface area (Å²) in [7, 11) is 0. The molecule has 0 aliphatic carbocycles. The average molecular weight is 317 g/mol. The number of anilines is 1. The second kappa shape index (κ2) is 5.62. The Balaban J connectivity index is 2.30. The molecule has 1 heterocycles. The van der Waals surface area contributed by atoms with Gasteiger partial charge in [0.05, 0.1) is 0 Å². The lowest BCUT2D eigenvalue weighted by molar-refractivity contribution is 0.377. The van der Waals surface area contributed by atoms with Crippen molar-refractivity contribution in [2.24, 2.45) is 5.92 Å². The first-order valence-corrected chi connectivity index (χ1v) is 7.73. The van der Waals surface area contributed by atoms with Crippen LogP contribution in [0.2, 0.25) is 5.02 Å². The summed E-state index contributed by atoms with van der Waals surface area (Å²) >= 11 is 9.81. The highest BCUT2D eigenvalue weighted by molar-refractivity contribution is 9.08. The van der Waals surface area contributed by atoms with E-state index in [4.69, 9.17) is 11.6 Å². The Labute approximate surface area is 117 Å². The van der Waals surface area contributed by atoms with E-state index in [0.717, 1.165) is 22.8 Å². The summed E-state index contributed by atoms with van der Waals surface area (Å²) in [5.41, 5.74) is 2.52. The lowest BCUT2D eigenvalue weighted by atomic mass is 9.92. The van der Waals surface area contributed by atoms with Gasteiger partial charge in [0.25, 0.3) is 0 Å². The van der Waals surface area contributed by atoms with E-state index in [0.29, 0.717) is 6.04 Å². The van der Waals surface area contributed by atoms with Gasteiger partial charge in [-0.25, -0.2) is 0 Å². The fourth-order valence-electron chi connectivity index (χ4n) is 2.71. The number of nitrogens with zero attached hydrogens (tertiary/aromatic N) is 1. The molecule has 1 saturated heterocycles. The normalized spacial score (nSPS) is 25.1. The van der Waals surface area contributed by atoms with Crippen molar-refractivity contribution in [3.8, 4) is 0 Å². The van der Waals surface area contributed by atoms with Crippen molar-refractivity contribution in [1.82, 2.24) is 0 Å². The highest BCUT2D eigenvalue weighted by Crippen LogP contribution is 2.34. The Morgan fingerprint density at radius 2 is 2.18 bits per heavy atom. The predicted molar refractivity (Wildman–Crippen MR) is 79.3 cm³/mol. The zero-order valence-electron chi connectivity index (χ0n) is 10.4. The molecule has 0 bridgehead atoms. The third-order valence-electron chi connectivity index (χ3n) is 3.68. The van der Waals surface area contributed by atoms with Crippen LogP contribution in [0.3, 0.4) is 0 Å². The van der Waals surface area contributed by atoms with Crippen LogP contribution >= 0.6 is 27.5 Å². The van der Waals surface area contributed by atoms with E-state index in [1.54, 1.807) is 0 Å². The maximum Gasteiger partial charge on any atom is 0.0467 e. The summed E-state index contributed by atoms with van der Waals surface area (Å²) in [6, 6.07) is 6.82. The summed E-state index contributed by atoms with van der Waals surface area (Å²) in [6.07, 6.45) is 2.55. The third kappa shape index (κ3) is 2.79. The number of piperidine rings is 1. The van der Waals surface area contributed by atoms with Gasteiger partial charge in [-0.05, 0) is 37.8 Å². The molecule has 3 heteroatoms. The van der Waals surface area contributed by atoms with Gasteiger partial charge >= 0.3 is 0 Å². The van der Waals surface area contributed by atoms with E-state index >= 15 is 0 Å². The van der Waals surface area contributed by atoms with Gasteiger partial charge in [0.2, 0.25) is 0 Å². The number of hydrogen-bond acceptors (Lipinski definition) is 1. The molecule has 0 aromatic heterocycles. The molecule has 1 aliphatic rings. The van der Waals surface area contributed by atoms with Crippen LogP contribution in [0, 0.1) is 5.92 Å². The maximum atomic E-state index is 6.27. The quantitative estimate of drug-likeness (QED) is 0.704. The fraction of sp³-hybridized carbons (Fsp3) is 0.571. The van der Waals surface area contributed by atoms with Crippen molar-refractivity contribution >= 4 is 33.2 Å². The second-order valence-corrected chi connectivity index (χ2v) is 6.01. The lowest BCUT2D eigenvalue weighted by Crippen LogP contribution is -2.40. The number of hydrogen-bond donors (Lipinski definition) is 0. The Morgan fingerprint density at radius 1 is 1.41 bits per heavy atom. The van der Waals surface area contributed by atoms with E-state index in [1.165, 1.54) is 24.1 Å². The zero-order chi connectivity index (χ0) is 12.4. The van der Waals surface area contributed by atoms with Gasteiger partial charge in [-0.3, -0.25) is 0 Å². The molecule has 1 nitrogen and oxygen atoms in total. The molecule has 2 atom stereocenters. The predicted octanol–water partition coefficient (Wildman–Crippen LogP) is 4.86. The molecule has 1 aliphatic heterocycles. The Bertz CT molecular complexity index is 394. The molecular weight excluding hydrogens is 298 g/mol. The molecule has 1 fully saturated rings. The molecule has 1 aromatic carbocycles. The van der Waals surface area contributed by atoms with Gasteiger partial charge in [0.1, 0.15) is 0 Å². The van der Waals surface area contributed by atoms with Crippen LogP contribution in [0.15, 0.2) is 18.2 Å². The van der Waals surface area contributed by atoms with E-state index in [9.17, 15) is 0 Å². The van der Waals surface area contributed by atoms with Gasteiger partial charge in [0.15, 0.2) is 0 Å². The number of benzene rings is 1. The minimum Gasteiger partial charge on any atom is -0.369 e. The Morgan fingerprint density at radius 3 is 2.82 bits per heavy atom. The van der Waals surface area contributed by atoms with Gasteiger partial charge in [-0.1, -0.05) is 40.5 Å². The van der Waals surface area contributed by atoms with Crippen LogP contribution in [-0.4, -0.2) is 12.6 Å². The number of halogens is 2. The highest BCUT2D eigenvalue weighted by Gasteiger charge is 2.24. The standard InChI is InChI=1S/C14H19BrClN/c1-10-6-7-17(11(2)8-10)14-5-3-4-13(16)12(14)9-15/h3-5,10-11H,6-9H2,1-2H3. The maximum absolute atomic E-state index is 6.27. The summed E-state index contributed by atoms with van der Waals surface area (Å²) in [4.78, 5) is 2.50. The van der Waals surface area contributed by atoms with Crippen LogP contribution in [-0.2, 0) is 5.33 Å². The largest absolute Gasteiger partial charge is 0.369 e. The number of rotatable bonds is 2. The summed E-state index contributed by atoms with van der Waals surface area (Å²) in [5, 5.41) is 1.69. The molecule has 0 spiro atoms. The van der Waals surface area contributed by atoms with Gasteiger partial charge in [0, 0.05) is 34.2 Å². The molecule has 2 unspecified atom stereocenters. The van der Waals surface area contributed by atoms with E-state index in [-0.39, 0.29) is 0 Å². The van der Waals surface area contributed by atoms with Crippen molar-refractivity contribution in [2.45, 2.75) is 38.1 Å². The molecule has 0 saturated carbocycles. The summed E-state index contributed by atoms with van der Waals surface area (Å²) in [6.45, 7) is 5.80.